The number of para-hydroxylation sites is 7. The summed E-state index contributed by atoms with van der Waals surface area (Å²) in [6.07, 6.45) is 21.3. The van der Waals surface area contributed by atoms with Crippen LogP contribution < -0.4 is 0 Å². The topological polar surface area (TPSA) is 290 Å². The number of H-pyrrole nitrogens is 1. The number of thiazole rings is 1. The number of nitrogens with one attached hydrogen (secondary N) is 1. The number of oxazole rings is 1. The van der Waals surface area contributed by atoms with Gasteiger partial charge >= 0.3 is 80.4 Å². The number of rotatable bonds is 4. The van der Waals surface area contributed by atoms with Crippen LogP contribution in [0.15, 0.2) is 101 Å². The normalized spacial score (nSPS) is 12.0. The molecule has 4 heterocycles. The minimum atomic E-state index is 0. The molecule has 4 aliphatic carbocycles. The molecule has 12 rings (SSSR count). The van der Waals surface area contributed by atoms with Crippen molar-refractivity contribution in [3.8, 4) is 0 Å². The molecule has 4 aromatic heterocycles. The van der Waals surface area contributed by atoms with E-state index in [0.29, 0.717) is 17.8 Å². The van der Waals surface area contributed by atoms with Crippen LogP contribution in [0.5, 0.6) is 0 Å². The summed E-state index contributed by atoms with van der Waals surface area (Å²) < 4.78 is 9.35. The van der Waals surface area contributed by atoms with Gasteiger partial charge in [-0.05, 0) is 99.9 Å². The molecular formula is C65H80N6O13STc4. The van der Waals surface area contributed by atoms with Crippen LogP contribution >= 0.6 is 11.3 Å². The Labute approximate surface area is 586 Å². The van der Waals surface area contributed by atoms with Crippen molar-refractivity contribution in [3.05, 3.63) is 149 Å². The van der Waals surface area contributed by atoms with Gasteiger partial charge in [0, 0.05) is 30.7 Å². The average Bonchev–Trinajstić information content (AvgIpc) is 3.73. The van der Waals surface area contributed by atoms with Crippen molar-refractivity contribution in [2.24, 2.45) is 7.05 Å². The number of carbonyl (C=O) groups excluding carboxylic acids is 12. The summed E-state index contributed by atoms with van der Waals surface area (Å²) in [6.45, 7) is 39.0. The van der Waals surface area contributed by atoms with Crippen LogP contribution in [0, 0.1) is 29.7 Å². The predicted octanol–water partition coefficient (Wildman–Crippen LogP) is 12.4. The minimum absolute atomic E-state index is 0. The number of aromatic amines is 1. The summed E-state index contributed by atoms with van der Waals surface area (Å²) >= 11 is 1.88. The van der Waals surface area contributed by atoms with Gasteiger partial charge in [-0.25, -0.2) is 19.9 Å². The Morgan fingerprint density at radius 2 is 0.753 bits per heavy atom. The fraction of sp³-hybridized carbons (Fsp3) is 0.323. The predicted molar refractivity (Wildman–Crippen MR) is 342 cm³/mol. The van der Waals surface area contributed by atoms with E-state index < -0.39 is 0 Å². The van der Waals surface area contributed by atoms with E-state index in [1.165, 1.54) is 141 Å². The van der Waals surface area contributed by atoms with Gasteiger partial charge in [-0.2, -0.15) is 0 Å². The number of aryl methyl sites for hydroxylation is 1. The van der Waals surface area contributed by atoms with Gasteiger partial charge in [-0.3, -0.25) is 81.5 Å². The molecule has 89 heavy (non-hydrogen) atoms. The number of fused-ring (bicyclic) bond motifs is 4. The van der Waals surface area contributed by atoms with Crippen molar-refractivity contribution >= 4 is 136 Å². The molecule has 24 heteroatoms. The van der Waals surface area contributed by atoms with Gasteiger partial charge in [0.25, 0.3) is 0 Å². The first-order chi connectivity index (χ1) is 40.2. The van der Waals surface area contributed by atoms with Crippen molar-refractivity contribution in [1.29, 1.82) is 0 Å². The summed E-state index contributed by atoms with van der Waals surface area (Å²) in [5.41, 5.74) is 7.79. The molecule has 19 nitrogen and oxygen atoms in total. The molecule has 4 aliphatic rings. The van der Waals surface area contributed by atoms with E-state index in [2.05, 4.69) is 175 Å². The Hall–Kier alpha value is -6.18. The number of hydrogen-bond donors (Lipinski definition) is 1. The Morgan fingerprint density at radius 3 is 1.18 bits per heavy atom. The summed E-state index contributed by atoms with van der Waals surface area (Å²) in [7, 11) is 2.14. The zero-order valence-corrected chi connectivity index (χ0v) is 59.0. The number of benzene rings is 4. The van der Waals surface area contributed by atoms with Gasteiger partial charge in [-0.1, -0.05) is 99.9 Å². The monoisotopic (exact) mass is 1570 g/mol. The molecule has 8 aromatic rings. The summed E-state index contributed by atoms with van der Waals surface area (Å²) in [4.78, 5) is 115. The standard InChI is InChI=1S/C13H16N2.C12H14N2.C12H13NO.C12H13NS.12CHO.4CH3.4Tc/c1-15-12-9-5-4-8-11(12)14-13(15)10-6-2-3-7-10;3*1-2-6-9(5-1)12-13-10-7-3-4-8-11(10)14-12;12*1-2;;;;;;;;/h4-5,8-10H,2-3,6-7H2,1H3;3-4,7-9H,1-2,5-6H2,(H,13,14);2*3-4,7-9H,1-2,5-6H2;12*1H;4*1H3;;;;/q;;;;16*-1;4*+4. The second-order valence-electron chi connectivity index (χ2n) is 16.6. The third kappa shape index (κ3) is 37.6. The molecule has 482 valence electrons. The fourth-order valence-corrected chi connectivity index (χ4v) is 10.7. The second kappa shape index (κ2) is 76.1. The molecule has 4 fully saturated rings. The van der Waals surface area contributed by atoms with Gasteiger partial charge in [0.15, 0.2) is 11.5 Å². The van der Waals surface area contributed by atoms with E-state index in [4.69, 9.17) is 71.9 Å². The Morgan fingerprint density at radius 1 is 0.393 bits per heavy atom. The van der Waals surface area contributed by atoms with E-state index in [0.717, 1.165) is 33.9 Å². The van der Waals surface area contributed by atoms with Gasteiger partial charge in [0.1, 0.15) is 17.2 Å². The molecule has 1 N–H and O–H groups in total. The third-order valence-corrected chi connectivity index (χ3v) is 13.9. The zero-order chi connectivity index (χ0) is 62.4. The molecule has 0 saturated heterocycles. The van der Waals surface area contributed by atoms with Crippen LogP contribution in [0.2, 0.25) is 0 Å². The van der Waals surface area contributed by atoms with Crippen molar-refractivity contribution in [2.75, 3.05) is 0 Å². The first kappa shape index (κ1) is 111. The average molecular weight is 1580 g/mol. The molecule has 0 bridgehead atoms. The Kier molecular flexibility index (Phi) is 94.5. The molecule has 4 saturated carbocycles. The van der Waals surface area contributed by atoms with E-state index in [1.807, 2.05) is 41.7 Å². The molecule has 4 aromatic carbocycles. The maximum Gasteiger partial charge on any atom is 4.00 e. The largest absolute Gasteiger partial charge is 4.00 e. The Balaban J connectivity index is -0.0000000776. The maximum absolute atomic E-state index is 7.75. The van der Waals surface area contributed by atoms with Gasteiger partial charge in [-0.15, -0.1) is 11.3 Å². The first-order valence-corrected chi connectivity index (χ1v) is 25.4. The molecule has 0 amide bonds. The number of hydrogen-bond acceptors (Lipinski definition) is 18. The van der Waals surface area contributed by atoms with Gasteiger partial charge < -0.3 is 101 Å². The zero-order valence-electron chi connectivity index (χ0n) is 50.8. The van der Waals surface area contributed by atoms with Crippen LogP contribution in [-0.4, -0.2) is 111 Å². The SMILES string of the molecule is Cn1c(C2CCCC2)nc2ccccc21.[CH-]=O.[CH-]=O.[CH-]=O.[CH-]=O.[CH-]=O.[CH-]=O.[CH-]=O.[CH-]=O.[CH-]=O.[CH-]=O.[CH-]=O.[CH-]=O.[CH3-].[CH3-].[CH3-].[CH3-].[Tc+4].[Tc+4].[Tc+4].[Tc+4].c1ccc2[nH]c(C3CCCC3)nc2c1.c1ccc2oc(C3CCCC3)nc2c1.c1ccc2sc(C3CCCC3)nc2c1. The third-order valence-electron chi connectivity index (χ3n) is 12.7. The number of imidazole rings is 2. The van der Waals surface area contributed by atoms with Crippen molar-refractivity contribution in [1.82, 2.24) is 29.5 Å². The van der Waals surface area contributed by atoms with Crippen molar-refractivity contribution in [2.45, 2.75) is 126 Å². The molecule has 4 radical (unpaired) electrons. The van der Waals surface area contributed by atoms with Crippen molar-refractivity contribution < 1.29 is 142 Å². The molecular weight excluding hydrogens is 1500 g/mol. The smallest absolute Gasteiger partial charge is 0.545 e. The van der Waals surface area contributed by atoms with E-state index >= 15 is 0 Å². The molecule has 0 spiro atoms. The van der Waals surface area contributed by atoms with Crippen LogP contribution in [0.3, 0.4) is 0 Å². The Bertz CT molecular complexity index is 2440. The minimum Gasteiger partial charge on any atom is -0.545 e. The summed E-state index contributed by atoms with van der Waals surface area (Å²) in [6, 6.07) is 33.1. The first-order valence-electron chi connectivity index (χ1n) is 24.6. The number of nitrogens with zero attached hydrogens (tertiary/aromatic N) is 5. The van der Waals surface area contributed by atoms with E-state index in [1.54, 1.807) is 0 Å². The van der Waals surface area contributed by atoms with Crippen molar-refractivity contribution in [3.63, 3.8) is 0 Å². The van der Waals surface area contributed by atoms with E-state index in [9.17, 15) is 0 Å². The van der Waals surface area contributed by atoms with Gasteiger partial charge in [0.2, 0.25) is 0 Å². The molecule has 0 atom stereocenters. The molecule has 0 aliphatic heterocycles. The number of aromatic nitrogens is 6. The van der Waals surface area contributed by atoms with Gasteiger partial charge in [0.05, 0.1) is 37.3 Å². The van der Waals surface area contributed by atoms with Crippen LogP contribution in [0.25, 0.3) is 43.4 Å². The fourth-order valence-electron chi connectivity index (χ4n) is 9.55. The maximum atomic E-state index is 7.75. The second-order valence-corrected chi connectivity index (χ2v) is 17.7. The van der Waals surface area contributed by atoms with Crippen LogP contribution in [0.1, 0.15) is 149 Å². The quantitative estimate of drug-likeness (QED) is 0.126. The van der Waals surface area contributed by atoms with Crippen LogP contribution in [-0.2, 0) is 145 Å². The summed E-state index contributed by atoms with van der Waals surface area (Å²) in [5.74, 6) is 6.14. The summed E-state index contributed by atoms with van der Waals surface area (Å²) in [5, 5.41) is 1.36. The van der Waals surface area contributed by atoms with Crippen LogP contribution in [0.4, 0.5) is 0 Å². The van der Waals surface area contributed by atoms with E-state index in [-0.39, 0.29) is 110 Å². The molecule has 0 unspecified atom stereocenters.